The standard InChI is InChI=1S/C44H59BrN4O15S4/c1-43(2)35-28-33(67(58,59)60)17-19-37(35)48(23-26-65(52,53)54)39(43)15-9-12-32(14-11-25-64-31-42(51)47-22-8-6-5-7-21-46-41(50)30-45)13-10-16-40-44(3,4)36-29-34(68(61,62)63)18-20-38(36)49(40)24-27-66(55,56)57/h9-10,12-13,15-20,28-29H,5-8,11,14,21-27,30-31H2,1-4H3,(H5-,46,47,50,51,52,53,54,55,56,57,58,59,60,61,62,63)/p+1. The van der Waals surface area contributed by atoms with E-state index in [1.54, 1.807) is 73.6 Å². The number of carbonyl (C=O) groups excluding carboxylic acids is 2. The molecule has 2 aliphatic heterocycles. The maximum atomic E-state index is 12.5. The van der Waals surface area contributed by atoms with Gasteiger partial charge in [0.1, 0.15) is 12.4 Å². The lowest BCUT2D eigenvalue weighted by atomic mass is 9.81. The van der Waals surface area contributed by atoms with Gasteiger partial charge in [0.05, 0.1) is 26.3 Å². The van der Waals surface area contributed by atoms with Crippen molar-refractivity contribution in [3.8, 4) is 0 Å². The van der Waals surface area contributed by atoms with Gasteiger partial charge in [-0.3, -0.25) is 27.8 Å². The van der Waals surface area contributed by atoms with E-state index < -0.39 is 62.8 Å². The molecule has 2 aromatic carbocycles. The Kier molecular flexibility index (Phi) is 19.7. The summed E-state index contributed by atoms with van der Waals surface area (Å²) in [6.07, 6.45) is 14.6. The number of ether oxygens (including phenoxy) is 1. The Hall–Kier alpha value is -4.11. The van der Waals surface area contributed by atoms with Gasteiger partial charge in [-0.25, -0.2) is 0 Å². The van der Waals surface area contributed by atoms with Crippen molar-refractivity contribution in [2.24, 2.45) is 0 Å². The molecular formula is C44H60BrN4O15S4+. The second kappa shape index (κ2) is 23.7. The van der Waals surface area contributed by atoms with Crippen molar-refractivity contribution in [1.82, 2.24) is 10.6 Å². The SMILES string of the molecule is CC1(C)C(/C=C/C=C(/C=C/C=C2/N(CCS(=O)(=O)O)c3ccc(S(=O)(=O)O)cc3C2(C)C)CCCOCC(=O)NCCCCCCNC(=O)CBr)=[N+](CCS(=O)(=O)O)c2ccc(S(=O)(=O)O)cc21. The average molecular weight is 1090 g/mol. The Bertz CT molecular complexity index is 2820. The van der Waals surface area contributed by atoms with E-state index in [1.807, 2.05) is 0 Å². The summed E-state index contributed by atoms with van der Waals surface area (Å²) < 4.78 is 142. The molecule has 0 saturated heterocycles. The van der Waals surface area contributed by atoms with Gasteiger partial charge in [-0.05, 0) is 87.1 Å². The lowest BCUT2D eigenvalue weighted by Crippen LogP contribution is -2.30. The highest BCUT2D eigenvalue weighted by molar-refractivity contribution is 9.09. The van der Waals surface area contributed by atoms with Crippen molar-refractivity contribution in [3.05, 3.63) is 95.3 Å². The summed E-state index contributed by atoms with van der Waals surface area (Å²) in [4.78, 5) is 24.7. The van der Waals surface area contributed by atoms with Crippen LogP contribution in [0.25, 0.3) is 0 Å². The molecule has 0 atom stereocenters. The normalized spacial score (nSPS) is 16.8. The molecule has 2 aromatic rings. The smallest absolute Gasteiger partial charge is 0.294 e. The lowest BCUT2D eigenvalue weighted by molar-refractivity contribution is -0.432. The maximum Gasteiger partial charge on any atom is 0.294 e. The van der Waals surface area contributed by atoms with Crippen LogP contribution < -0.4 is 15.5 Å². The third kappa shape index (κ3) is 16.2. The van der Waals surface area contributed by atoms with Crippen molar-refractivity contribution in [1.29, 1.82) is 0 Å². The van der Waals surface area contributed by atoms with E-state index in [1.165, 1.54) is 36.4 Å². The number of fused-ring (bicyclic) bond motifs is 2. The number of amides is 2. The second-order valence-electron chi connectivity index (χ2n) is 17.2. The highest BCUT2D eigenvalue weighted by Crippen LogP contribution is 2.48. The highest BCUT2D eigenvalue weighted by Gasteiger charge is 2.45. The number of benzene rings is 2. The third-order valence-corrected chi connectivity index (χ3v) is 15.1. The van der Waals surface area contributed by atoms with Gasteiger partial charge >= 0.3 is 0 Å². The number of nitrogens with zero attached hydrogens (tertiary/aromatic N) is 2. The van der Waals surface area contributed by atoms with Crippen LogP contribution in [0.5, 0.6) is 0 Å². The molecule has 0 bridgehead atoms. The molecule has 2 aliphatic rings. The topological polar surface area (TPSA) is 291 Å². The predicted octanol–water partition coefficient (Wildman–Crippen LogP) is 5.04. The number of carbonyl (C=O) groups is 2. The van der Waals surface area contributed by atoms with Gasteiger partial charge in [0, 0.05) is 60.7 Å². The van der Waals surface area contributed by atoms with E-state index in [0.717, 1.165) is 31.3 Å². The molecule has 0 aliphatic carbocycles. The molecule has 2 amide bonds. The monoisotopic (exact) mass is 1090 g/mol. The zero-order valence-corrected chi connectivity index (χ0v) is 43.1. The van der Waals surface area contributed by atoms with E-state index in [2.05, 4.69) is 26.6 Å². The summed E-state index contributed by atoms with van der Waals surface area (Å²) in [7, 11) is -18.0. The molecule has 4 rings (SSSR count). The van der Waals surface area contributed by atoms with Crippen molar-refractivity contribution < 1.29 is 70.8 Å². The molecule has 0 aromatic heterocycles. The summed E-state index contributed by atoms with van der Waals surface area (Å²) >= 11 is 3.10. The Labute approximate surface area is 407 Å². The third-order valence-electron chi connectivity index (χ3n) is 11.5. The fraction of sp³-hybridized carbons (Fsp3) is 0.477. The molecule has 376 valence electrons. The van der Waals surface area contributed by atoms with Crippen molar-refractivity contribution in [2.45, 2.75) is 86.8 Å². The van der Waals surface area contributed by atoms with Gasteiger partial charge in [-0.2, -0.15) is 38.2 Å². The van der Waals surface area contributed by atoms with Crippen molar-refractivity contribution >= 4 is 85.3 Å². The Morgan fingerprint density at radius 1 is 0.750 bits per heavy atom. The summed E-state index contributed by atoms with van der Waals surface area (Å²) in [5.74, 6) is -1.63. The number of hydrogen-bond acceptors (Lipinski definition) is 12. The first-order chi connectivity index (χ1) is 31.6. The largest absolute Gasteiger partial charge is 0.372 e. The number of allylic oxidation sites excluding steroid dienone is 8. The molecule has 0 spiro atoms. The highest BCUT2D eigenvalue weighted by atomic mass is 79.9. The Balaban J connectivity index is 1.61. The van der Waals surface area contributed by atoms with Crippen molar-refractivity contribution in [2.75, 3.05) is 61.1 Å². The van der Waals surface area contributed by atoms with E-state index in [9.17, 15) is 61.5 Å². The van der Waals surface area contributed by atoms with Crippen LogP contribution in [0, 0.1) is 0 Å². The average Bonchev–Trinajstić information content (AvgIpc) is 3.58. The number of alkyl halides is 1. The molecule has 19 nitrogen and oxygen atoms in total. The molecule has 0 fully saturated rings. The summed E-state index contributed by atoms with van der Waals surface area (Å²) in [6.45, 7) is 7.89. The molecule has 2 heterocycles. The number of rotatable bonds is 26. The van der Waals surface area contributed by atoms with E-state index in [0.29, 0.717) is 59.8 Å². The molecule has 0 radical (unpaired) electrons. The van der Waals surface area contributed by atoms with Gasteiger partial charge in [0.25, 0.3) is 40.5 Å². The van der Waals surface area contributed by atoms with Crippen LogP contribution in [-0.2, 0) is 65.6 Å². The van der Waals surface area contributed by atoms with Crippen LogP contribution in [0.15, 0.2) is 93.9 Å². The predicted molar refractivity (Wildman–Crippen MR) is 261 cm³/mol. The summed E-state index contributed by atoms with van der Waals surface area (Å²) in [5.41, 5.74) is 1.86. The number of hydrogen-bond donors (Lipinski definition) is 6. The minimum atomic E-state index is -4.58. The number of nitrogens with one attached hydrogen (secondary N) is 2. The fourth-order valence-corrected chi connectivity index (χ4v) is 10.0. The van der Waals surface area contributed by atoms with E-state index in [-0.39, 0.29) is 53.2 Å². The van der Waals surface area contributed by atoms with E-state index in [4.69, 9.17) is 4.74 Å². The van der Waals surface area contributed by atoms with Gasteiger partial charge in [0.15, 0.2) is 12.3 Å². The summed E-state index contributed by atoms with van der Waals surface area (Å²) in [5, 5.41) is 5.87. The number of anilines is 1. The van der Waals surface area contributed by atoms with E-state index >= 15 is 0 Å². The number of unbranched alkanes of at least 4 members (excludes halogenated alkanes) is 3. The van der Waals surface area contributed by atoms with Crippen LogP contribution in [-0.4, -0.2) is 130 Å². The summed E-state index contributed by atoms with van der Waals surface area (Å²) in [6, 6.07) is 7.92. The molecule has 24 heteroatoms. The van der Waals surface area contributed by atoms with Crippen LogP contribution in [0.2, 0.25) is 0 Å². The maximum absolute atomic E-state index is 12.5. The molecule has 0 unspecified atom stereocenters. The van der Waals surface area contributed by atoms with Crippen LogP contribution >= 0.6 is 15.9 Å². The van der Waals surface area contributed by atoms with Crippen LogP contribution in [0.1, 0.15) is 77.3 Å². The van der Waals surface area contributed by atoms with Crippen LogP contribution in [0.3, 0.4) is 0 Å². The second-order valence-corrected chi connectivity index (χ2v) is 23.8. The first-order valence-corrected chi connectivity index (χ1v) is 28.8. The van der Waals surface area contributed by atoms with Gasteiger partial charge in [-0.1, -0.05) is 66.9 Å². The molecule has 6 N–H and O–H groups in total. The Morgan fingerprint density at radius 2 is 1.34 bits per heavy atom. The quantitative estimate of drug-likeness (QED) is 0.0237. The minimum Gasteiger partial charge on any atom is -0.372 e. The minimum absolute atomic E-state index is 0.0689. The molecule has 0 saturated carbocycles. The van der Waals surface area contributed by atoms with Gasteiger partial charge in [0.2, 0.25) is 17.5 Å². The lowest BCUT2D eigenvalue weighted by Gasteiger charge is -2.26. The van der Waals surface area contributed by atoms with Crippen LogP contribution in [0.4, 0.5) is 11.4 Å². The Morgan fingerprint density at radius 3 is 1.93 bits per heavy atom. The number of halogens is 1. The zero-order chi connectivity index (χ0) is 50.7. The van der Waals surface area contributed by atoms with Crippen molar-refractivity contribution in [3.63, 3.8) is 0 Å². The van der Waals surface area contributed by atoms with Gasteiger partial charge in [-0.15, -0.1) is 0 Å². The first-order valence-electron chi connectivity index (χ1n) is 21.6. The fourth-order valence-electron chi connectivity index (χ4n) is 7.97. The molecular weight excluding hydrogens is 1030 g/mol. The molecule has 68 heavy (non-hydrogen) atoms. The zero-order valence-electron chi connectivity index (χ0n) is 38.2. The first kappa shape index (κ1) is 56.5. The van der Waals surface area contributed by atoms with Gasteiger partial charge < -0.3 is 20.3 Å².